The van der Waals surface area contributed by atoms with Crippen molar-refractivity contribution in [2.45, 2.75) is 45.7 Å². The minimum absolute atomic E-state index is 0.100. The Morgan fingerprint density at radius 3 is 2.60 bits per heavy atom. The van der Waals surface area contributed by atoms with Crippen LogP contribution >= 0.6 is 11.6 Å². The SMILES string of the molecule is Cc1nn(CCC(=O)NC2CCN(C)CC2)c(C)c1Cl. The predicted octanol–water partition coefficient (Wildman–Crippen LogP) is 1.75. The number of nitrogens with zero attached hydrogens (tertiary/aromatic N) is 3. The summed E-state index contributed by atoms with van der Waals surface area (Å²) in [7, 11) is 2.12. The number of aryl methyl sites for hydroxylation is 2. The van der Waals surface area contributed by atoms with Crippen LogP contribution in [-0.2, 0) is 11.3 Å². The first-order chi connectivity index (χ1) is 9.47. The molecule has 20 heavy (non-hydrogen) atoms. The minimum Gasteiger partial charge on any atom is -0.353 e. The van der Waals surface area contributed by atoms with Crippen molar-refractivity contribution in [3.8, 4) is 0 Å². The van der Waals surface area contributed by atoms with Crippen LogP contribution in [0, 0.1) is 13.8 Å². The highest BCUT2D eigenvalue weighted by atomic mass is 35.5. The van der Waals surface area contributed by atoms with Crippen LogP contribution in [0.25, 0.3) is 0 Å². The monoisotopic (exact) mass is 298 g/mol. The molecule has 0 radical (unpaired) electrons. The van der Waals surface area contributed by atoms with Gasteiger partial charge >= 0.3 is 0 Å². The van der Waals surface area contributed by atoms with Gasteiger partial charge in [-0.15, -0.1) is 0 Å². The van der Waals surface area contributed by atoms with Crippen LogP contribution in [0.15, 0.2) is 0 Å². The third-order valence-corrected chi connectivity index (χ3v) is 4.47. The summed E-state index contributed by atoms with van der Waals surface area (Å²) in [5.41, 5.74) is 1.75. The average molecular weight is 299 g/mol. The van der Waals surface area contributed by atoms with Crippen molar-refractivity contribution in [1.29, 1.82) is 0 Å². The second-order valence-electron chi connectivity index (χ2n) is 5.60. The van der Waals surface area contributed by atoms with E-state index >= 15 is 0 Å². The van der Waals surface area contributed by atoms with Crippen molar-refractivity contribution in [1.82, 2.24) is 20.0 Å². The zero-order valence-corrected chi connectivity index (χ0v) is 13.2. The third-order valence-electron chi connectivity index (χ3n) is 3.93. The summed E-state index contributed by atoms with van der Waals surface area (Å²) in [6.45, 7) is 6.50. The number of carbonyl (C=O) groups is 1. The van der Waals surface area contributed by atoms with Gasteiger partial charge in [0.25, 0.3) is 0 Å². The largest absolute Gasteiger partial charge is 0.353 e. The molecule has 5 nitrogen and oxygen atoms in total. The van der Waals surface area contributed by atoms with Gasteiger partial charge in [-0.1, -0.05) is 11.6 Å². The number of rotatable bonds is 4. The maximum absolute atomic E-state index is 12.0. The van der Waals surface area contributed by atoms with E-state index in [0.29, 0.717) is 24.0 Å². The summed E-state index contributed by atoms with van der Waals surface area (Å²) in [6.07, 6.45) is 2.52. The van der Waals surface area contributed by atoms with E-state index in [-0.39, 0.29) is 5.91 Å². The fraction of sp³-hybridized carbons (Fsp3) is 0.714. The molecule has 1 amide bonds. The molecule has 1 fully saturated rings. The summed E-state index contributed by atoms with van der Waals surface area (Å²) < 4.78 is 1.81. The molecule has 1 aromatic heterocycles. The number of hydrogen-bond donors (Lipinski definition) is 1. The van der Waals surface area contributed by atoms with E-state index in [2.05, 4.69) is 22.4 Å². The molecule has 0 saturated carbocycles. The lowest BCUT2D eigenvalue weighted by molar-refractivity contribution is -0.122. The highest BCUT2D eigenvalue weighted by Gasteiger charge is 2.18. The standard InChI is InChI=1S/C14H23ClN4O/c1-10-14(15)11(2)19(17-10)9-6-13(20)16-12-4-7-18(3)8-5-12/h12H,4-9H2,1-3H3,(H,16,20). The summed E-state index contributed by atoms with van der Waals surface area (Å²) >= 11 is 6.09. The molecular formula is C14H23ClN4O. The van der Waals surface area contributed by atoms with Gasteiger partial charge in [-0.2, -0.15) is 5.10 Å². The quantitative estimate of drug-likeness (QED) is 0.921. The Balaban J connectivity index is 1.79. The van der Waals surface area contributed by atoms with Gasteiger partial charge in [0.05, 0.1) is 23.0 Å². The molecule has 1 aliphatic heterocycles. The topological polar surface area (TPSA) is 50.2 Å². The molecule has 1 N–H and O–H groups in total. The number of nitrogens with one attached hydrogen (secondary N) is 1. The van der Waals surface area contributed by atoms with Gasteiger partial charge in [-0.05, 0) is 46.8 Å². The molecule has 2 heterocycles. The van der Waals surface area contributed by atoms with Crippen molar-refractivity contribution in [2.24, 2.45) is 0 Å². The van der Waals surface area contributed by atoms with Crippen LogP contribution in [0.1, 0.15) is 30.7 Å². The average Bonchev–Trinajstić information content (AvgIpc) is 2.66. The Kier molecular flexibility index (Phi) is 5.05. The molecule has 2 rings (SSSR count). The van der Waals surface area contributed by atoms with Crippen LogP contribution in [-0.4, -0.2) is 46.8 Å². The maximum Gasteiger partial charge on any atom is 0.222 e. The summed E-state index contributed by atoms with van der Waals surface area (Å²) in [5, 5.41) is 8.14. The van der Waals surface area contributed by atoms with Gasteiger partial charge in [0.1, 0.15) is 0 Å². The summed E-state index contributed by atoms with van der Waals surface area (Å²) in [6, 6.07) is 0.322. The zero-order valence-electron chi connectivity index (χ0n) is 12.4. The number of aromatic nitrogens is 2. The van der Waals surface area contributed by atoms with Crippen molar-refractivity contribution >= 4 is 17.5 Å². The van der Waals surface area contributed by atoms with Crippen LogP contribution < -0.4 is 5.32 Å². The normalized spacial score (nSPS) is 17.4. The second-order valence-corrected chi connectivity index (χ2v) is 5.98. The van der Waals surface area contributed by atoms with E-state index < -0.39 is 0 Å². The fourth-order valence-electron chi connectivity index (χ4n) is 2.55. The van der Waals surface area contributed by atoms with E-state index in [1.807, 2.05) is 18.5 Å². The lowest BCUT2D eigenvalue weighted by Gasteiger charge is -2.29. The van der Waals surface area contributed by atoms with Crippen LogP contribution in [0.2, 0.25) is 5.02 Å². The van der Waals surface area contributed by atoms with E-state index in [1.165, 1.54) is 0 Å². The predicted molar refractivity (Wildman–Crippen MR) is 80.0 cm³/mol. The van der Waals surface area contributed by atoms with Crippen LogP contribution in [0.4, 0.5) is 0 Å². The number of piperidine rings is 1. The Morgan fingerprint density at radius 2 is 2.05 bits per heavy atom. The van der Waals surface area contributed by atoms with Crippen LogP contribution in [0.5, 0.6) is 0 Å². The van der Waals surface area contributed by atoms with Crippen molar-refractivity contribution in [3.05, 3.63) is 16.4 Å². The summed E-state index contributed by atoms with van der Waals surface area (Å²) in [4.78, 5) is 14.3. The fourth-order valence-corrected chi connectivity index (χ4v) is 2.69. The Hall–Kier alpha value is -1.07. The van der Waals surface area contributed by atoms with Gasteiger partial charge < -0.3 is 10.2 Å². The van der Waals surface area contributed by atoms with E-state index in [0.717, 1.165) is 37.3 Å². The second kappa shape index (κ2) is 6.59. The molecule has 1 aromatic rings. The molecule has 1 saturated heterocycles. The zero-order chi connectivity index (χ0) is 14.7. The maximum atomic E-state index is 12.0. The molecule has 0 aromatic carbocycles. The first-order valence-corrected chi connectivity index (χ1v) is 7.52. The van der Waals surface area contributed by atoms with Gasteiger partial charge in [-0.25, -0.2) is 0 Å². The number of likely N-dealkylation sites (tertiary alicyclic amines) is 1. The Bertz CT molecular complexity index is 478. The number of amides is 1. The summed E-state index contributed by atoms with van der Waals surface area (Å²) in [5.74, 6) is 0.100. The molecule has 1 aliphatic rings. The first kappa shape index (κ1) is 15.3. The molecule has 0 spiro atoms. The first-order valence-electron chi connectivity index (χ1n) is 7.14. The number of carbonyl (C=O) groups excluding carboxylic acids is 1. The van der Waals surface area contributed by atoms with Gasteiger partial charge in [-0.3, -0.25) is 9.48 Å². The molecule has 0 atom stereocenters. The smallest absolute Gasteiger partial charge is 0.222 e. The van der Waals surface area contributed by atoms with Crippen molar-refractivity contribution in [2.75, 3.05) is 20.1 Å². The minimum atomic E-state index is 0.100. The lowest BCUT2D eigenvalue weighted by Crippen LogP contribution is -2.43. The number of hydrogen-bond acceptors (Lipinski definition) is 3. The van der Waals surface area contributed by atoms with E-state index in [4.69, 9.17) is 11.6 Å². The van der Waals surface area contributed by atoms with Gasteiger partial charge in [0.15, 0.2) is 0 Å². The Morgan fingerprint density at radius 1 is 1.40 bits per heavy atom. The molecule has 0 aliphatic carbocycles. The highest BCUT2D eigenvalue weighted by molar-refractivity contribution is 6.31. The highest BCUT2D eigenvalue weighted by Crippen LogP contribution is 2.19. The third kappa shape index (κ3) is 3.73. The Labute approximate surface area is 125 Å². The van der Waals surface area contributed by atoms with Gasteiger partial charge in [0.2, 0.25) is 5.91 Å². The molecule has 6 heteroatoms. The molecular weight excluding hydrogens is 276 g/mol. The van der Waals surface area contributed by atoms with E-state index in [9.17, 15) is 4.79 Å². The van der Waals surface area contributed by atoms with Crippen molar-refractivity contribution in [3.63, 3.8) is 0 Å². The molecule has 0 bridgehead atoms. The van der Waals surface area contributed by atoms with Crippen LogP contribution in [0.3, 0.4) is 0 Å². The molecule has 0 unspecified atom stereocenters. The number of halogens is 1. The molecule has 112 valence electrons. The van der Waals surface area contributed by atoms with Crippen molar-refractivity contribution < 1.29 is 4.79 Å². The van der Waals surface area contributed by atoms with E-state index in [1.54, 1.807) is 0 Å². The van der Waals surface area contributed by atoms with Gasteiger partial charge in [0, 0.05) is 12.5 Å². The lowest BCUT2D eigenvalue weighted by atomic mass is 10.1.